The molecule has 1 aromatic heterocycles. The third-order valence-corrected chi connectivity index (χ3v) is 3.95. The molecule has 128 valence electrons. The van der Waals surface area contributed by atoms with Crippen molar-refractivity contribution in [2.45, 2.75) is 39.8 Å². The van der Waals surface area contributed by atoms with Gasteiger partial charge < -0.3 is 9.84 Å². The summed E-state index contributed by atoms with van der Waals surface area (Å²) in [5.74, 6) is 1.33. The number of rotatable bonds is 8. The molecule has 0 saturated heterocycles. The maximum absolute atomic E-state index is 5.36. The molecule has 0 aliphatic carbocycles. The Balaban J connectivity index is 0.00000264. The van der Waals surface area contributed by atoms with Crippen LogP contribution in [-0.2, 0) is 13.0 Å². The summed E-state index contributed by atoms with van der Waals surface area (Å²) in [7, 11) is 1.93. The summed E-state index contributed by atoms with van der Waals surface area (Å²) in [6.45, 7) is 9.57. The summed E-state index contributed by atoms with van der Waals surface area (Å²) in [6.07, 6.45) is 0.764. The molecule has 0 fully saturated rings. The van der Waals surface area contributed by atoms with E-state index in [9.17, 15) is 0 Å². The average Bonchev–Trinajstić information content (AvgIpc) is 3.01. The molecule has 2 rings (SSSR count). The topological polar surface area (TPSA) is 54.2 Å². The largest absolute Gasteiger partial charge is 0.334 e. The van der Waals surface area contributed by atoms with Crippen LogP contribution in [0, 0.1) is 0 Å². The zero-order valence-electron chi connectivity index (χ0n) is 14.4. The first kappa shape index (κ1) is 19.6. The number of likely N-dealkylation sites (N-methyl/N-ethyl adjacent to an activating group) is 1. The Kier molecular flexibility index (Phi) is 8.23. The van der Waals surface area contributed by atoms with Crippen molar-refractivity contribution in [2.75, 3.05) is 20.1 Å². The van der Waals surface area contributed by atoms with E-state index >= 15 is 0 Å². The van der Waals surface area contributed by atoms with E-state index in [1.807, 2.05) is 7.05 Å². The number of aromatic nitrogens is 2. The molecular formula is C17H27ClN4O. The van der Waals surface area contributed by atoms with E-state index in [-0.39, 0.29) is 12.4 Å². The van der Waals surface area contributed by atoms with Gasteiger partial charge in [-0.05, 0) is 44.8 Å². The van der Waals surface area contributed by atoms with Gasteiger partial charge in [0.1, 0.15) is 0 Å². The first-order valence-corrected chi connectivity index (χ1v) is 7.97. The SMILES string of the molecule is CCN(CC)Cc1ccc(-c2nc(CC(C)NC)no2)cc1.Cl. The minimum absolute atomic E-state index is 0. The minimum atomic E-state index is 0. The average molecular weight is 339 g/mol. The predicted octanol–water partition coefficient (Wildman–Crippen LogP) is 3.15. The van der Waals surface area contributed by atoms with E-state index < -0.39 is 0 Å². The van der Waals surface area contributed by atoms with Gasteiger partial charge in [-0.25, -0.2) is 0 Å². The van der Waals surface area contributed by atoms with Crippen LogP contribution in [-0.4, -0.2) is 41.2 Å². The minimum Gasteiger partial charge on any atom is -0.334 e. The highest BCUT2D eigenvalue weighted by Gasteiger charge is 2.11. The van der Waals surface area contributed by atoms with Gasteiger partial charge in [-0.2, -0.15) is 4.98 Å². The second kappa shape index (κ2) is 9.65. The molecule has 1 heterocycles. The maximum Gasteiger partial charge on any atom is 0.257 e. The molecule has 0 aliphatic heterocycles. The van der Waals surface area contributed by atoms with E-state index in [0.717, 1.165) is 37.4 Å². The predicted molar refractivity (Wildman–Crippen MR) is 95.8 cm³/mol. The fraction of sp³-hybridized carbons (Fsp3) is 0.529. The number of nitrogens with one attached hydrogen (secondary N) is 1. The molecule has 1 aromatic carbocycles. The van der Waals surface area contributed by atoms with Gasteiger partial charge in [0.05, 0.1) is 0 Å². The summed E-state index contributed by atoms with van der Waals surface area (Å²) in [5.41, 5.74) is 2.27. The van der Waals surface area contributed by atoms with Crippen LogP contribution in [0.2, 0.25) is 0 Å². The normalized spacial score (nSPS) is 12.2. The molecule has 1 unspecified atom stereocenters. The van der Waals surface area contributed by atoms with Gasteiger partial charge in [-0.1, -0.05) is 31.1 Å². The lowest BCUT2D eigenvalue weighted by atomic mass is 10.1. The molecule has 2 aromatic rings. The Hall–Kier alpha value is -1.43. The van der Waals surface area contributed by atoms with Crippen LogP contribution < -0.4 is 5.32 Å². The molecule has 1 atom stereocenters. The van der Waals surface area contributed by atoms with Crippen LogP contribution in [0.25, 0.3) is 11.5 Å². The smallest absolute Gasteiger partial charge is 0.257 e. The molecule has 0 radical (unpaired) electrons. The van der Waals surface area contributed by atoms with Crippen molar-refractivity contribution >= 4 is 12.4 Å². The third kappa shape index (κ3) is 5.61. The summed E-state index contributed by atoms with van der Waals surface area (Å²) in [6, 6.07) is 8.71. The van der Waals surface area contributed by atoms with Crippen molar-refractivity contribution in [1.29, 1.82) is 0 Å². The number of hydrogen-bond acceptors (Lipinski definition) is 5. The molecule has 0 aliphatic rings. The van der Waals surface area contributed by atoms with Crippen LogP contribution in [0.4, 0.5) is 0 Å². The lowest BCUT2D eigenvalue weighted by molar-refractivity contribution is 0.296. The van der Waals surface area contributed by atoms with Crippen molar-refractivity contribution in [3.8, 4) is 11.5 Å². The van der Waals surface area contributed by atoms with E-state index in [1.54, 1.807) is 0 Å². The fourth-order valence-electron chi connectivity index (χ4n) is 2.29. The highest BCUT2D eigenvalue weighted by Crippen LogP contribution is 2.18. The molecule has 0 saturated carbocycles. The molecule has 0 amide bonds. The van der Waals surface area contributed by atoms with Crippen molar-refractivity contribution in [1.82, 2.24) is 20.4 Å². The molecular weight excluding hydrogens is 312 g/mol. The Morgan fingerprint density at radius 2 is 1.83 bits per heavy atom. The Bertz CT molecular complexity index is 566. The van der Waals surface area contributed by atoms with E-state index in [1.165, 1.54) is 5.56 Å². The van der Waals surface area contributed by atoms with Crippen LogP contribution in [0.15, 0.2) is 28.8 Å². The van der Waals surface area contributed by atoms with Crippen LogP contribution in [0.3, 0.4) is 0 Å². The Morgan fingerprint density at radius 1 is 1.17 bits per heavy atom. The van der Waals surface area contributed by atoms with Gasteiger partial charge in [-0.3, -0.25) is 4.90 Å². The summed E-state index contributed by atoms with van der Waals surface area (Å²) < 4.78 is 5.36. The zero-order chi connectivity index (χ0) is 15.9. The number of hydrogen-bond donors (Lipinski definition) is 1. The Labute approximate surface area is 144 Å². The second-order valence-corrected chi connectivity index (χ2v) is 5.57. The van der Waals surface area contributed by atoms with Crippen molar-refractivity contribution < 1.29 is 4.52 Å². The van der Waals surface area contributed by atoms with Crippen LogP contribution in [0.5, 0.6) is 0 Å². The van der Waals surface area contributed by atoms with Gasteiger partial charge in [-0.15, -0.1) is 12.4 Å². The number of benzene rings is 1. The van der Waals surface area contributed by atoms with Crippen LogP contribution >= 0.6 is 12.4 Å². The monoisotopic (exact) mass is 338 g/mol. The highest BCUT2D eigenvalue weighted by atomic mass is 35.5. The zero-order valence-corrected chi connectivity index (χ0v) is 15.2. The number of nitrogens with zero attached hydrogens (tertiary/aromatic N) is 3. The summed E-state index contributed by atoms with van der Waals surface area (Å²) >= 11 is 0. The molecule has 23 heavy (non-hydrogen) atoms. The summed E-state index contributed by atoms with van der Waals surface area (Å²) in [4.78, 5) is 6.85. The quantitative estimate of drug-likeness (QED) is 0.801. The first-order chi connectivity index (χ1) is 10.7. The molecule has 5 nitrogen and oxygen atoms in total. The van der Waals surface area contributed by atoms with Gasteiger partial charge in [0.25, 0.3) is 5.89 Å². The fourth-order valence-corrected chi connectivity index (χ4v) is 2.29. The molecule has 0 spiro atoms. The number of halogens is 1. The van der Waals surface area contributed by atoms with Crippen molar-refractivity contribution in [3.63, 3.8) is 0 Å². The van der Waals surface area contributed by atoms with E-state index in [2.05, 4.69) is 65.4 Å². The third-order valence-electron chi connectivity index (χ3n) is 3.95. The van der Waals surface area contributed by atoms with E-state index in [4.69, 9.17) is 4.52 Å². The standard InChI is InChI=1S/C17H26N4O.ClH/c1-5-21(6-2)12-14-7-9-15(10-8-14)17-19-16(20-22-17)11-13(3)18-4;/h7-10,13,18H,5-6,11-12H2,1-4H3;1H. The first-order valence-electron chi connectivity index (χ1n) is 7.97. The molecule has 1 N–H and O–H groups in total. The second-order valence-electron chi connectivity index (χ2n) is 5.57. The van der Waals surface area contributed by atoms with Crippen LogP contribution in [0.1, 0.15) is 32.2 Å². The summed E-state index contributed by atoms with van der Waals surface area (Å²) in [5, 5.41) is 7.22. The van der Waals surface area contributed by atoms with Crippen molar-refractivity contribution in [2.24, 2.45) is 0 Å². The lowest BCUT2D eigenvalue weighted by Gasteiger charge is -2.17. The van der Waals surface area contributed by atoms with Gasteiger partial charge in [0.2, 0.25) is 0 Å². The van der Waals surface area contributed by atoms with Crippen molar-refractivity contribution in [3.05, 3.63) is 35.7 Å². The highest BCUT2D eigenvalue weighted by molar-refractivity contribution is 5.85. The molecule has 0 bridgehead atoms. The van der Waals surface area contributed by atoms with E-state index in [0.29, 0.717) is 11.9 Å². The van der Waals surface area contributed by atoms with Gasteiger partial charge in [0.15, 0.2) is 5.82 Å². The molecule has 6 heteroatoms. The van der Waals surface area contributed by atoms with Gasteiger partial charge >= 0.3 is 0 Å². The Morgan fingerprint density at radius 3 is 2.39 bits per heavy atom. The van der Waals surface area contributed by atoms with Gasteiger partial charge in [0, 0.05) is 24.6 Å². The lowest BCUT2D eigenvalue weighted by Crippen LogP contribution is -2.24. The maximum atomic E-state index is 5.36.